The van der Waals surface area contributed by atoms with E-state index in [0.717, 1.165) is 57.8 Å². The van der Waals surface area contributed by atoms with Crippen molar-refractivity contribution in [2.75, 3.05) is 47.3 Å². The molecule has 3 aliphatic heterocycles. The number of carbonyl (C=O) groups is 1. The van der Waals surface area contributed by atoms with Crippen LogP contribution in [0.5, 0.6) is 0 Å². The minimum atomic E-state index is -0.447. The quantitative estimate of drug-likeness (QED) is 0.327. The fourth-order valence-corrected chi connectivity index (χ4v) is 4.83. The van der Waals surface area contributed by atoms with Gasteiger partial charge in [-0.2, -0.15) is 0 Å². The molecule has 3 fully saturated rings. The van der Waals surface area contributed by atoms with Gasteiger partial charge < -0.3 is 25.2 Å². The van der Waals surface area contributed by atoms with E-state index in [1.807, 2.05) is 32.7 Å². The van der Waals surface area contributed by atoms with E-state index < -0.39 is 5.60 Å². The molecular weight excluding hydrogens is 495 g/mol. The summed E-state index contributed by atoms with van der Waals surface area (Å²) in [5, 5.41) is 7.13. The van der Waals surface area contributed by atoms with Gasteiger partial charge in [-0.1, -0.05) is 0 Å². The Balaban J connectivity index is 0.00000320. The number of fused-ring (bicyclic) bond motifs is 2. The maximum Gasteiger partial charge on any atom is 0.410 e. The lowest BCUT2D eigenvalue weighted by molar-refractivity contribution is 0.00544. The molecule has 0 aromatic carbocycles. The molecule has 3 atom stereocenters. The predicted molar refractivity (Wildman–Crippen MR) is 132 cm³/mol. The monoisotopic (exact) mass is 536 g/mol. The van der Waals surface area contributed by atoms with Gasteiger partial charge in [0.25, 0.3) is 0 Å². The van der Waals surface area contributed by atoms with E-state index >= 15 is 0 Å². The Hall–Kier alpha value is -0.810. The van der Waals surface area contributed by atoms with E-state index in [1.54, 1.807) is 0 Å². The van der Waals surface area contributed by atoms with Gasteiger partial charge in [0.1, 0.15) is 5.60 Å². The van der Waals surface area contributed by atoms with Gasteiger partial charge in [-0.05, 0) is 60.5 Å². The highest BCUT2D eigenvalue weighted by Crippen LogP contribution is 2.36. The molecule has 2 N–H and O–H groups in total. The molecule has 9 heteroatoms. The Bertz CT molecular complexity index is 597. The second-order valence-corrected chi connectivity index (χ2v) is 9.94. The molecular formula is C21H41IN6O2. The average molecular weight is 537 g/mol. The second-order valence-electron chi connectivity index (χ2n) is 9.94. The Morgan fingerprint density at radius 1 is 1.13 bits per heavy atom. The molecule has 174 valence electrons. The fraction of sp³-hybridized carbons (Fsp3) is 0.905. The summed E-state index contributed by atoms with van der Waals surface area (Å²) >= 11 is 0. The molecule has 30 heavy (non-hydrogen) atoms. The molecule has 0 spiro atoms. The maximum absolute atomic E-state index is 12.6. The lowest BCUT2D eigenvalue weighted by Crippen LogP contribution is -2.57. The molecule has 3 rings (SSSR count). The van der Waals surface area contributed by atoms with E-state index in [0.29, 0.717) is 12.1 Å². The number of hydrogen-bond acceptors (Lipinski definition) is 5. The molecule has 0 aliphatic carbocycles. The van der Waals surface area contributed by atoms with Crippen molar-refractivity contribution in [1.82, 2.24) is 25.3 Å². The molecule has 1 amide bonds. The highest BCUT2D eigenvalue weighted by atomic mass is 127. The summed E-state index contributed by atoms with van der Waals surface area (Å²) in [5.41, 5.74) is -0.447. The standard InChI is InChI=1S/C21H40N6O2.HI/c1-21(2,3)29-20(28)27-16-7-8-17(27)12-15(11-16)24-19(22-4)23-13-18-14-25(5)9-10-26(18)6;/h15-18H,7-14H2,1-6H3,(H2,22,23,24);1H. The minimum absolute atomic E-state index is 0. The van der Waals surface area contributed by atoms with Crippen molar-refractivity contribution in [2.45, 2.75) is 76.2 Å². The number of carbonyl (C=O) groups excluding carboxylic acids is 1. The molecule has 2 bridgehead atoms. The van der Waals surface area contributed by atoms with Crippen LogP contribution in [-0.4, -0.2) is 104 Å². The van der Waals surface area contributed by atoms with Gasteiger partial charge in [0.15, 0.2) is 5.96 Å². The first-order valence-electron chi connectivity index (χ1n) is 11.0. The number of nitrogens with zero attached hydrogens (tertiary/aromatic N) is 4. The summed E-state index contributed by atoms with van der Waals surface area (Å²) in [6.07, 6.45) is 3.86. The van der Waals surface area contributed by atoms with Crippen LogP contribution >= 0.6 is 24.0 Å². The zero-order chi connectivity index (χ0) is 21.2. The Morgan fingerprint density at radius 3 is 2.33 bits per heavy atom. The molecule has 0 aromatic rings. The van der Waals surface area contributed by atoms with Crippen LogP contribution in [0.4, 0.5) is 4.79 Å². The summed E-state index contributed by atoms with van der Waals surface area (Å²) in [6, 6.07) is 1.34. The van der Waals surface area contributed by atoms with E-state index in [-0.39, 0.29) is 42.2 Å². The number of likely N-dealkylation sites (N-methyl/N-ethyl adjacent to an activating group) is 2. The molecule has 0 radical (unpaired) electrons. The van der Waals surface area contributed by atoms with Gasteiger partial charge in [-0.3, -0.25) is 9.89 Å². The van der Waals surface area contributed by atoms with Gasteiger partial charge in [0, 0.05) is 57.4 Å². The summed E-state index contributed by atoms with van der Waals surface area (Å²) in [6.45, 7) is 9.96. The van der Waals surface area contributed by atoms with Gasteiger partial charge >= 0.3 is 6.09 Å². The lowest BCUT2D eigenvalue weighted by Gasteiger charge is -2.40. The third-order valence-electron chi connectivity index (χ3n) is 6.39. The van der Waals surface area contributed by atoms with Crippen LogP contribution in [0, 0.1) is 0 Å². The van der Waals surface area contributed by atoms with Crippen molar-refractivity contribution in [2.24, 2.45) is 4.99 Å². The average Bonchev–Trinajstić information content (AvgIpc) is 2.91. The zero-order valence-electron chi connectivity index (χ0n) is 19.5. The maximum atomic E-state index is 12.6. The molecule has 8 nitrogen and oxygen atoms in total. The van der Waals surface area contributed by atoms with Crippen LogP contribution in [0.25, 0.3) is 0 Å². The number of ether oxygens (including phenoxy) is 1. The molecule has 3 heterocycles. The Labute approximate surface area is 199 Å². The normalized spacial score (nSPS) is 30.6. The van der Waals surface area contributed by atoms with Crippen molar-refractivity contribution in [3.8, 4) is 0 Å². The first-order valence-corrected chi connectivity index (χ1v) is 11.0. The highest BCUT2D eigenvalue weighted by molar-refractivity contribution is 14.0. The number of aliphatic imine (C=N–C) groups is 1. The fourth-order valence-electron chi connectivity index (χ4n) is 4.83. The second kappa shape index (κ2) is 10.7. The molecule has 3 unspecified atom stereocenters. The van der Waals surface area contributed by atoms with Crippen LogP contribution in [0.2, 0.25) is 0 Å². The SMILES string of the molecule is CN=C(NCC1CN(C)CCN1C)NC1CC2CCC(C1)N2C(=O)OC(C)(C)C.I. The summed E-state index contributed by atoms with van der Waals surface area (Å²) in [4.78, 5) is 23.9. The zero-order valence-corrected chi connectivity index (χ0v) is 21.8. The van der Waals surface area contributed by atoms with Crippen LogP contribution in [0.1, 0.15) is 46.5 Å². The van der Waals surface area contributed by atoms with Crippen LogP contribution in [-0.2, 0) is 4.74 Å². The third-order valence-corrected chi connectivity index (χ3v) is 6.39. The summed E-state index contributed by atoms with van der Waals surface area (Å²) in [7, 11) is 6.21. The van der Waals surface area contributed by atoms with E-state index in [9.17, 15) is 4.79 Å². The molecule has 0 aromatic heterocycles. The third kappa shape index (κ3) is 6.59. The van der Waals surface area contributed by atoms with Crippen LogP contribution in [0.3, 0.4) is 0 Å². The first kappa shape index (κ1) is 25.5. The predicted octanol–water partition coefficient (Wildman–Crippen LogP) is 1.95. The summed E-state index contributed by atoms with van der Waals surface area (Å²) < 4.78 is 5.64. The van der Waals surface area contributed by atoms with Crippen molar-refractivity contribution in [3.63, 3.8) is 0 Å². The van der Waals surface area contributed by atoms with Gasteiger partial charge in [0.05, 0.1) is 0 Å². The van der Waals surface area contributed by atoms with Crippen molar-refractivity contribution >= 4 is 36.0 Å². The number of rotatable bonds is 3. The van der Waals surface area contributed by atoms with Crippen LogP contribution in [0.15, 0.2) is 4.99 Å². The molecule has 3 saturated heterocycles. The topological polar surface area (TPSA) is 72.4 Å². The number of halogens is 1. The molecule has 3 aliphatic rings. The lowest BCUT2D eigenvalue weighted by atomic mass is 9.98. The highest BCUT2D eigenvalue weighted by Gasteiger charge is 2.45. The number of piperazine rings is 1. The number of hydrogen-bond donors (Lipinski definition) is 2. The number of piperidine rings is 1. The summed E-state index contributed by atoms with van der Waals surface area (Å²) in [5.74, 6) is 0.863. The van der Waals surface area contributed by atoms with Gasteiger partial charge in [0.2, 0.25) is 0 Å². The first-order chi connectivity index (χ1) is 13.7. The van der Waals surface area contributed by atoms with Gasteiger partial charge in [-0.15, -0.1) is 24.0 Å². The van der Waals surface area contributed by atoms with Crippen LogP contribution < -0.4 is 10.6 Å². The molecule has 0 saturated carbocycles. The van der Waals surface area contributed by atoms with Crippen molar-refractivity contribution in [3.05, 3.63) is 0 Å². The Kier molecular flexibility index (Phi) is 9.05. The minimum Gasteiger partial charge on any atom is -0.444 e. The van der Waals surface area contributed by atoms with Gasteiger partial charge in [-0.25, -0.2) is 4.79 Å². The van der Waals surface area contributed by atoms with Crippen molar-refractivity contribution in [1.29, 1.82) is 0 Å². The van der Waals surface area contributed by atoms with E-state index in [1.165, 1.54) is 0 Å². The number of guanidine groups is 1. The Morgan fingerprint density at radius 2 is 1.77 bits per heavy atom. The van der Waals surface area contributed by atoms with Crippen molar-refractivity contribution < 1.29 is 9.53 Å². The number of amides is 1. The van der Waals surface area contributed by atoms with E-state index in [2.05, 4.69) is 39.5 Å². The number of nitrogens with one attached hydrogen (secondary N) is 2. The smallest absolute Gasteiger partial charge is 0.410 e. The van der Waals surface area contributed by atoms with E-state index in [4.69, 9.17) is 4.74 Å². The largest absolute Gasteiger partial charge is 0.444 e.